The molecular formula is C49H41NO. The van der Waals surface area contributed by atoms with Crippen LogP contribution in [0.5, 0.6) is 0 Å². The van der Waals surface area contributed by atoms with Gasteiger partial charge < -0.3 is 9.32 Å². The van der Waals surface area contributed by atoms with Gasteiger partial charge in [0.15, 0.2) is 0 Å². The molecule has 1 heterocycles. The molecule has 248 valence electrons. The lowest BCUT2D eigenvalue weighted by Crippen LogP contribution is -2.43. The predicted molar refractivity (Wildman–Crippen MR) is 215 cm³/mol. The Morgan fingerprint density at radius 2 is 0.961 bits per heavy atom. The van der Waals surface area contributed by atoms with E-state index >= 15 is 0 Å². The quantitative estimate of drug-likeness (QED) is 0.188. The zero-order valence-electron chi connectivity index (χ0n) is 30.1. The van der Waals surface area contributed by atoms with Gasteiger partial charge >= 0.3 is 0 Å². The smallest absolute Gasteiger partial charge is 0.137 e. The third-order valence-corrected chi connectivity index (χ3v) is 12.8. The fourth-order valence-electron chi connectivity index (χ4n) is 9.18. The summed E-state index contributed by atoms with van der Waals surface area (Å²) in [4.78, 5) is 2.37. The number of anilines is 3. The van der Waals surface area contributed by atoms with E-state index in [1.54, 1.807) is 0 Å². The van der Waals surface area contributed by atoms with Gasteiger partial charge in [0.05, 0.1) is 0 Å². The Labute approximate surface area is 300 Å². The molecular weight excluding hydrogens is 619 g/mol. The fourth-order valence-corrected chi connectivity index (χ4v) is 9.18. The molecule has 0 unspecified atom stereocenters. The van der Waals surface area contributed by atoms with Gasteiger partial charge in [0.25, 0.3) is 0 Å². The molecule has 51 heavy (non-hydrogen) atoms. The number of rotatable bonds is 3. The molecule has 10 rings (SSSR count). The van der Waals surface area contributed by atoms with Crippen molar-refractivity contribution in [2.24, 2.45) is 0 Å². The van der Waals surface area contributed by atoms with Gasteiger partial charge in [-0.3, -0.25) is 0 Å². The van der Waals surface area contributed by atoms with Crippen LogP contribution >= 0.6 is 0 Å². The predicted octanol–water partition coefficient (Wildman–Crippen LogP) is 13.8. The number of nitrogens with zero attached hydrogens (tertiary/aromatic N) is 1. The van der Waals surface area contributed by atoms with E-state index in [0.717, 1.165) is 39.0 Å². The lowest BCUT2D eigenvalue weighted by atomic mass is 9.55. The van der Waals surface area contributed by atoms with Crippen molar-refractivity contribution in [2.45, 2.75) is 57.8 Å². The molecule has 0 saturated carbocycles. The molecule has 0 bridgehead atoms. The van der Waals surface area contributed by atoms with Crippen LogP contribution in [-0.2, 0) is 16.2 Å². The normalized spacial score (nSPS) is 16.1. The molecule has 0 spiro atoms. The minimum Gasteiger partial charge on any atom is -0.456 e. The van der Waals surface area contributed by atoms with Gasteiger partial charge in [-0.25, -0.2) is 0 Å². The van der Waals surface area contributed by atoms with Crippen LogP contribution in [0.1, 0.15) is 63.8 Å². The third kappa shape index (κ3) is 4.11. The van der Waals surface area contributed by atoms with Gasteiger partial charge in [0.2, 0.25) is 0 Å². The Morgan fingerprint density at radius 3 is 1.75 bits per heavy atom. The van der Waals surface area contributed by atoms with Crippen LogP contribution in [0.4, 0.5) is 17.1 Å². The first kappa shape index (κ1) is 30.2. The molecule has 2 heteroatoms. The summed E-state index contributed by atoms with van der Waals surface area (Å²) >= 11 is 0. The number of hydrogen-bond acceptors (Lipinski definition) is 2. The van der Waals surface area contributed by atoms with E-state index < -0.39 is 0 Å². The van der Waals surface area contributed by atoms with E-state index in [1.807, 2.05) is 12.1 Å². The van der Waals surface area contributed by atoms with Gasteiger partial charge in [-0.1, -0.05) is 114 Å². The number of para-hydroxylation sites is 2. The van der Waals surface area contributed by atoms with E-state index in [1.165, 1.54) is 55.3 Å². The Balaban J connectivity index is 1.16. The van der Waals surface area contributed by atoms with Crippen LogP contribution in [0.2, 0.25) is 0 Å². The summed E-state index contributed by atoms with van der Waals surface area (Å²) in [5.41, 5.74) is 15.9. The van der Waals surface area contributed by atoms with Crippen LogP contribution in [0.15, 0.2) is 144 Å². The lowest BCUT2D eigenvalue weighted by molar-refractivity contribution is 0.299. The molecule has 8 aromatic rings. The Morgan fingerprint density at radius 1 is 0.392 bits per heavy atom. The molecule has 1 aromatic heterocycles. The van der Waals surface area contributed by atoms with Crippen molar-refractivity contribution in [3.8, 4) is 22.3 Å². The van der Waals surface area contributed by atoms with Crippen molar-refractivity contribution < 1.29 is 4.42 Å². The zero-order valence-corrected chi connectivity index (χ0v) is 30.1. The summed E-state index contributed by atoms with van der Waals surface area (Å²) in [7, 11) is 0. The summed E-state index contributed by atoms with van der Waals surface area (Å²) in [6.07, 6.45) is 0. The number of benzene rings is 7. The monoisotopic (exact) mass is 659 g/mol. The van der Waals surface area contributed by atoms with E-state index in [9.17, 15) is 0 Å². The molecule has 0 fully saturated rings. The van der Waals surface area contributed by atoms with Crippen LogP contribution in [0.25, 0.3) is 55.0 Å². The highest BCUT2D eigenvalue weighted by molar-refractivity contribution is 6.06. The maximum absolute atomic E-state index is 6.37. The summed E-state index contributed by atoms with van der Waals surface area (Å²) in [5.74, 6) is 0. The molecule has 0 saturated heterocycles. The van der Waals surface area contributed by atoms with Gasteiger partial charge in [-0.2, -0.15) is 0 Å². The highest BCUT2D eigenvalue weighted by Crippen LogP contribution is 2.59. The van der Waals surface area contributed by atoms with E-state index in [-0.39, 0.29) is 16.2 Å². The third-order valence-electron chi connectivity index (χ3n) is 12.8. The molecule has 0 N–H and O–H groups in total. The number of furan rings is 1. The molecule has 7 aromatic carbocycles. The second kappa shape index (κ2) is 10.2. The van der Waals surface area contributed by atoms with Crippen LogP contribution in [0, 0.1) is 0 Å². The minimum atomic E-state index is -0.176. The first-order valence-corrected chi connectivity index (χ1v) is 18.2. The average Bonchev–Trinajstić information content (AvgIpc) is 3.61. The second-order valence-electron chi connectivity index (χ2n) is 16.2. The van der Waals surface area contributed by atoms with E-state index in [0.29, 0.717) is 0 Å². The van der Waals surface area contributed by atoms with Gasteiger partial charge in [0, 0.05) is 39.3 Å². The Kier molecular flexibility index (Phi) is 6.07. The van der Waals surface area contributed by atoms with Crippen molar-refractivity contribution >= 4 is 49.8 Å². The molecule has 0 aliphatic heterocycles. The highest BCUT2D eigenvalue weighted by atomic mass is 16.3. The molecule has 2 aliphatic rings. The van der Waals surface area contributed by atoms with Crippen molar-refractivity contribution in [2.75, 3.05) is 4.90 Å². The molecule has 2 aliphatic carbocycles. The van der Waals surface area contributed by atoms with Crippen molar-refractivity contribution in [3.63, 3.8) is 0 Å². The van der Waals surface area contributed by atoms with Crippen LogP contribution in [-0.4, -0.2) is 0 Å². The topological polar surface area (TPSA) is 16.4 Å². The van der Waals surface area contributed by atoms with Gasteiger partial charge in [-0.15, -0.1) is 0 Å². The van der Waals surface area contributed by atoms with Crippen molar-refractivity contribution in [1.82, 2.24) is 0 Å². The number of fused-ring (bicyclic) bond motifs is 10. The van der Waals surface area contributed by atoms with Gasteiger partial charge in [0.1, 0.15) is 11.2 Å². The van der Waals surface area contributed by atoms with E-state index in [2.05, 4.69) is 174 Å². The van der Waals surface area contributed by atoms with E-state index in [4.69, 9.17) is 4.42 Å². The molecule has 2 nitrogen and oxygen atoms in total. The Hall–Kier alpha value is -5.60. The summed E-state index contributed by atoms with van der Waals surface area (Å²) < 4.78 is 6.37. The largest absolute Gasteiger partial charge is 0.456 e. The standard InChI is InChI=1S/C49H41NO/c1-47(2)41-26-33(50(32-16-8-7-9-17-32)34-21-23-37-36-18-12-13-19-45(36)51-46(37)27-34)20-22-35(41)39-28-40-38-24-30-14-10-11-15-31(30)25-43(38)48(3,4)49(5,6)44(40)29-42(39)47/h7-29H,1-6H3. The SMILES string of the molecule is CC1(C)c2cc(N(c3ccccc3)c3ccc4c(c3)oc3ccccc34)ccc2-c2cc3c(cc21)C(C)(C)C(C)(C)c1cc2ccccc2cc1-3. The number of hydrogen-bond donors (Lipinski definition) is 0. The summed E-state index contributed by atoms with van der Waals surface area (Å²) in [5, 5.41) is 4.89. The maximum atomic E-state index is 6.37. The first-order valence-electron chi connectivity index (χ1n) is 18.2. The average molecular weight is 660 g/mol. The molecule has 0 amide bonds. The highest BCUT2D eigenvalue weighted by Gasteiger charge is 2.48. The lowest BCUT2D eigenvalue weighted by Gasteiger charge is -2.49. The molecule has 0 radical (unpaired) electrons. The minimum absolute atomic E-state index is 0.0481. The fraction of sp³-hybridized carbons (Fsp3) is 0.184. The Bertz CT molecular complexity index is 2720. The first-order chi connectivity index (χ1) is 24.5. The van der Waals surface area contributed by atoms with Crippen LogP contribution < -0.4 is 4.90 Å². The van der Waals surface area contributed by atoms with Crippen molar-refractivity contribution in [3.05, 3.63) is 162 Å². The molecule has 0 atom stereocenters. The second-order valence-corrected chi connectivity index (χ2v) is 16.2. The summed E-state index contributed by atoms with van der Waals surface area (Å²) in [6.45, 7) is 14.6. The van der Waals surface area contributed by atoms with Crippen LogP contribution in [0.3, 0.4) is 0 Å². The van der Waals surface area contributed by atoms with Crippen molar-refractivity contribution in [1.29, 1.82) is 0 Å². The van der Waals surface area contributed by atoms with Gasteiger partial charge in [-0.05, 0) is 127 Å². The maximum Gasteiger partial charge on any atom is 0.137 e. The zero-order chi connectivity index (χ0) is 34.9. The summed E-state index contributed by atoms with van der Waals surface area (Å²) in [6, 6.07) is 51.5.